The van der Waals surface area contributed by atoms with Gasteiger partial charge in [0.05, 0.1) is 6.10 Å². The number of aliphatic hydroxyl groups is 1. The molecule has 0 radical (unpaired) electrons. The van der Waals surface area contributed by atoms with E-state index >= 15 is 0 Å². The highest BCUT2D eigenvalue weighted by Gasteiger charge is 2.07. The molecule has 10 heavy (non-hydrogen) atoms. The van der Waals surface area contributed by atoms with E-state index in [0.717, 1.165) is 19.3 Å². The van der Waals surface area contributed by atoms with Crippen LogP contribution in [0.2, 0.25) is 0 Å². The Morgan fingerprint density at radius 2 is 2.00 bits per heavy atom. The van der Waals surface area contributed by atoms with Crippen molar-refractivity contribution in [3.63, 3.8) is 0 Å². The number of nitrogens with two attached hydrogens (primary N) is 2. The molecule has 0 heterocycles. The summed E-state index contributed by atoms with van der Waals surface area (Å²) >= 11 is 0. The van der Waals surface area contributed by atoms with Crippen molar-refractivity contribution in [2.75, 3.05) is 6.54 Å². The highest BCUT2D eigenvalue weighted by Crippen LogP contribution is 2.00. The Bertz CT molecular complexity index is 76.0. The minimum Gasteiger partial charge on any atom is -0.392 e. The Labute approximate surface area is 62.4 Å². The first kappa shape index (κ1) is 9.88. The van der Waals surface area contributed by atoms with Crippen LogP contribution >= 0.6 is 0 Å². The Balaban J connectivity index is 3.13. The van der Waals surface area contributed by atoms with Gasteiger partial charge in [0.15, 0.2) is 0 Å². The number of aliphatic hydroxyl groups excluding tert-OH is 1. The highest BCUT2D eigenvalue weighted by molar-refractivity contribution is 4.66. The quantitative estimate of drug-likeness (QED) is 0.471. The van der Waals surface area contributed by atoms with Gasteiger partial charge < -0.3 is 16.6 Å². The van der Waals surface area contributed by atoms with Gasteiger partial charge in [-0.05, 0) is 26.3 Å². The van der Waals surface area contributed by atoms with Gasteiger partial charge in [0.2, 0.25) is 0 Å². The molecule has 5 N–H and O–H groups in total. The van der Waals surface area contributed by atoms with Crippen LogP contribution in [0.4, 0.5) is 0 Å². The summed E-state index contributed by atoms with van der Waals surface area (Å²) in [7, 11) is 0. The van der Waals surface area contributed by atoms with Crippen LogP contribution in [-0.2, 0) is 0 Å². The summed E-state index contributed by atoms with van der Waals surface area (Å²) in [6.45, 7) is 2.43. The lowest BCUT2D eigenvalue weighted by molar-refractivity contribution is 0.158. The summed E-state index contributed by atoms with van der Waals surface area (Å²) in [4.78, 5) is 0. The monoisotopic (exact) mass is 146 g/mol. The maximum absolute atomic E-state index is 8.96. The van der Waals surface area contributed by atoms with E-state index in [-0.39, 0.29) is 6.04 Å². The lowest BCUT2D eigenvalue weighted by Gasteiger charge is -2.13. The standard InChI is InChI=1S/C7H18N2O/c1-6(10)7(9)4-2-3-5-8/h6-7,10H,2-5,8-9H2,1H3/t6?,7-/m1/s1. The van der Waals surface area contributed by atoms with Crippen molar-refractivity contribution in [1.82, 2.24) is 0 Å². The predicted octanol–water partition coefficient (Wildman–Crippen LogP) is -0.176. The van der Waals surface area contributed by atoms with Gasteiger partial charge in [0.25, 0.3) is 0 Å². The van der Waals surface area contributed by atoms with Crippen LogP contribution in [0.15, 0.2) is 0 Å². The summed E-state index contributed by atoms with van der Waals surface area (Å²) in [5.41, 5.74) is 10.9. The van der Waals surface area contributed by atoms with Crippen LogP contribution in [0.1, 0.15) is 26.2 Å². The van der Waals surface area contributed by atoms with E-state index in [1.807, 2.05) is 0 Å². The second-order valence-electron chi connectivity index (χ2n) is 2.69. The van der Waals surface area contributed by atoms with Gasteiger partial charge in [-0.3, -0.25) is 0 Å². The summed E-state index contributed by atoms with van der Waals surface area (Å²) in [6, 6.07) is -0.0773. The molecule has 3 nitrogen and oxygen atoms in total. The Morgan fingerprint density at radius 1 is 1.40 bits per heavy atom. The Kier molecular flexibility index (Phi) is 5.58. The normalized spacial score (nSPS) is 16.8. The summed E-state index contributed by atoms with van der Waals surface area (Å²) in [6.07, 6.45) is 2.50. The molecule has 0 aliphatic carbocycles. The first-order chi connectivity index (χ1) is 4.68. The SMILES string of the molecule is CC(O)[C@H](N)CCCCN. The molecule has 0 aliphatic heterocycles. The Morgan fingerprint density at radius 3 is 2.40 bits per heavy atom. The van der Waals surface area contributed by atoms with Gasteiger partial charge in [0.1, 0.15) is 0 Å². The largest absolute Gasteiger partial charge is 0.392 e. The molecule has 0 bridgehead atoms. The summed E-state index contributed by atoms with van der Waals surface area (Å²) in [5.74, 6) is 0. The average Bonchev–Trinajstić information content (AvgIpc) is 1.88. The van der Waals surface area contributed by atoms with Crippen molar-refractivity contribution >= 4 is 0 Å². The third-order valence-electron chi connectivity index (χ3n) is 1.61. The number of rotatable bonds is 5. The van der Waals surface area contributed by atoms with Crippen molar-refractivity contribution in [1.29, 1.82) is 0 Å². The number of hydrogen-bond acceptors (Lipinski definition) is 3. The van der Waals surface area contributed by atoms with Crippen molar-refractivity contribution in [3.8, 4) is 0 Å². The first-order valence-electron chi connectivity index (χ1n) is 3.82. The van der Waals surface area contributed by atoms with Gasteiger partial charge in [-0.1, -0.05) is 6.42 Å². The zero-order chi connectivity index (χ0) is 7.98. The smallest absolute Gasteiger partial charge is 0.0662 e. The molecule has 0 saturated heterocycles. The van der Waals surface area contributed by atoms with Crippen molar-refractivity contribution in [3.05, 3.63) is 0 Å². The molecule has 62 valence electrons. The zero-order valence-corrected chi connectivity index (χ0v) is 6.59. The molecule has 0 aromatic carbocycles. The van der Waals surface area contributed by atoms with Crippen LogP contribution in [0, 0.1) is 0 Å². The fraction of sp³-hybridized carbons (Fsp3) is 1.00. The fourth-order valence-corrected chi connectivity index (χ4v) is 0.766. The fourth-order valence-electron chi connectivity index (χ4n) is 0.766. The van der Waals surface area contributed by atoms with E-state index in [4.69, 9.17) is 16.6 Å². The molecule has 0 rings (SSSR count). The van der Waals surface area contributed by atoms with Crippen LogP contribution in [0.3, 0.4) is 0 Å². The van der Waals surface area contributed by atoms with Crippen LogP contribution < -0.4 is 11.5 Å². The summed E-state index contributed by atoms with van der Waals surface area (Å²) in [5, 5.41) is 8.96. The average molecular weight is 146 g/mol. The van der Waals surface area contributed by atoms with E-state index in [9.17, 15) is 0 Å². The van der Waals surface area contributed by atoms with E-state index in [1.165, 1.54) is 0 Å². The molecule has 0 spiro atoms. The number of unbranched alkanes of at least 4 members (excludes halogenated alkanes) is 1. The molecule has 3 heteroatoms. The van der Waals surface area contributed by atoms with Crippen molar-refractivity contribution < 1.29 is 5.11 Å². The van der Waals surface area contributed by atoms with E-state index in [1.54, 1.807) is 6.92 Å². The minimum atomic E-state index is -0.391. The topological polar surface area (TPSA) is 72.3 Å². The molecule has 0 amide bonds. The maximum atomic E-state index is 8.96. The van der Waals surface area contributed by atoms with Gasteiger partial charge in [0, 0.05) is 6.04 Å². The van der Waals surface area contributed by atoms with Gasteiger partial charge in [-0.2, -0.15) is 0 Å². The molecular weight excluding hydrogens is 128 g/mol. The van der Waals surface area contributed by atoms with Crippen molar-refractivity contribution in [2.24, 2.45) is 11.5 Å². The zero-order valence-electron chi connectivity index (χ0n) is 6.59. The van der Waals surface area contributed by atoms with E-state index < -0.39 is 6.10 Å². The molecular formula is C7H18N2O. The molecule has 1 unspecified atom stereocenters. The molecule has 0 aliphatic rings. The second kappa shape index (κ2) is 5.65. The molecule has 0 aromatic heterocycles. The lowest BCUT2D eigenvalue weighted by atomic mass is 10.1. The van der Waals surface area contributed by atoms with Crippen LogP contribution in [-0.4, -0.2) is 23.8 Å². The first-order valence-corrected chi connectivity index (χ1v) is 3.82. The van der Waals surface area contributed by atoms with Gasteiger partial charge in [-0.15, -0.1) is 0 Å². The predicted molar refractivity (Wildman–Crippen MR) is 42.6 cm³/mol. The third-order valence-corrected chi connectivity index (χ3v) is 1.61. The third kappa shape index (κ3) is 4.73. The van der Waals surface area contributed by atoms with Gasteiger partial charge >= 0.3 is 0 Å². The molecule has 0 saturated carbocycles. The van der Waals surface area contributed by atoms with E-state index in [0.29, 0.717) is 6.54 Å². The number of hydrogen-bond donors (Lipinski definition) is 3. The molecule has 0 fully saturated rings. The minimum absolute atomic E-state index is 0.0773. The van der Waals surface area contributed by atoms with Gasteiger partial charge in [-0.25, -0.2) is 0 Å². The molecule has 0 aromatic rings. The lowest BCUT2D eigenvalue weighted by Crippen LogP contribution is -2.32. The van der Waals surface area contributed by atoms with Crippen LogP contribution in [0.5, 0.6) is 0 Å². The van der Waals surface area contributed by atoms with E-state index in [2.05, 4.69) is 0 Å². The second-order valence-corrected chi connectivity index (χ2v) is 2.69. The Hall–Kier alpha value is -0.120. The maximum Gasteiger partial charge on any atom is 0.0662 e. The molecule has 2 atom stereocenters. The van der Waals surface area contributed by atoms with Crippen LogP contribution in [0.25, 0.3) is 0 Å². The van der Waals surface area contributed by atoms with Crippen molar-refractivity contribution in [2.45, 2.75) is 38.3 Å². The highest BCUT2D eigenvalue weighted by atomic mass is 16.3. The summed E-state index contributed by atoms with van der Waals surface area (Å²) < 4.78 is 0.